The number of fused-ring (bicyclic) bond motifs is 2. The fourth-order valence-corrected chi connectivity index (χ4v) is 4.88. The molecule has 3 heterocycles. The van der Waals surface area contributed by atoms with Crippen LogP contribution < -0.4 is 5.32 Å². The summed E-state index contributed by atoms with van der Waals surface area (Å²) in [5.74, 6) is 0.341. The Kier molecular flexibility index (Phi) is 4.00. The Morgan fingerprint density at radius 2 is 2.27 bits per heavy atom. The average molecular weight is 366 g/mol. The second-order valence-corrected chi connectivity index (χ2v) is 7.99. The van der Waals surface area contributed by atoms with Crippen molar-refractivity contribution in [3.8, 4) is 6.07 Å². The number of aromatic nitrogens is 2. The van der Waals surface area contributed by atoms with E-state index < -0.39 is 0 Å². The number of aryl methyl sites for hydroxylation is 2. The third-order valence-corrected chi connectivity index (χ3v) is 6.01. The lowest BCUT2D eigenvalue weighted by molar-refractivity contribution is 0.102. The SMILES string of the molecule is Cc1cc(C(=O)Nc2sc3c(c2C#N)CCC(C)C3)c2c(C)noc2n1. The molecule has 1 aliphatic rings. The van der Waals surface area contributed by atoms with Gasteiger partial charge in [-0.3, -0.25) is 4.79 Å². The number of anilines is 1. The standard InChI is InChI=1S/C19H18N4O2S/c1-9-4-5-12-14(8-20)19(26-15(12)6-9)22-17(24)13-7-10(2)21-18-16(13)11(3)23-25-18/h7,9H,4-6H2,1-3H3,(H,22,24). The summed E-state index contributed by atoms with van der Waals surface area (Å²) >= 11 is 1.52. The molecular formula is C19H18N4O2S. The van der Waals surface area contributed by atoms with Crippen molar-refractivity contribution in [2.45, 2.75) is 40.0 Å². The first-order valence-corrected chi connectivity index (χ1v) is 9.39. The minimum Gasteiger partial charge on any atom is -0.336 e. The van der Waals surface area contributed by atoms with E-state index in [1.54, 1.807) is 19.9 Å². The van der Waals surface area contributed by atoms with E-state index in [4.69, 9.17) is 4.52 Å². The fraction of sp³-hybridized carbons (Fsp3) is 0.368. The van der Waals surface area contributed by atoms with Crippen LogP contribution in [0.2, 0.25) is 0 Å². The van der Waals surface area contributed by atoms with Crippen molar-refractivity contribution in [1.82, 2.24) is 10.1 Å². The molecule has 3 aromatic rings. The number of amides is 1. The molecule has 0 aliphatic heterocycles. The van der Waals surface area contributed by atoms with Gasteiger partial charge < -0.3 is 9.84 Å². The quantitative estimate of drug-likeness (QED) is 0.735. The monoisotopic (exact) mass is 366 g/mol. The molecular weight excluding hydrogens is 348 g/mol. The molecule has 0 aromatic carbocycles. The summed E-state index contributed by atoms with van der Waals surface area (Å²) in [5, 5.41) is 17.7. The van der Waals surface area contributed by atoms with Crippen molar-refractivity contribution in [3.05, 3.63) is 39.0 Å². The molecule has 0 saturated carbocycles. The van der Waals surface area contributed by atoms with Crippen LogP contribution in [-0.4, -0.2) is 16.0 Å². The van der Waals surface area contributed by atoms with Crippen LogP contribution in [0.25, 0.3) is 11.1 Å². The molecule has 132 valence electrons. The number of carbonyl (C=O) groups excluding carboxylic acids is 1. The summed E-state index contributed by atoms with van der Waals surface area (Å²) in [5.41, 5.74) is 3.83. The Bertz CT molecular complexity index is 1070. The molecule has 1 unspecified atom stereocenters. The summed E-state index contributed by atoms with van der Waals surface area (Å²) in [7, 11) is 0. The summed E-state index contributed by atoms with van der Waals surface area (Å²) < 4.78 is 5.20. The van der Waals surface area contributed by atoms with Crippen LogP contribution >= 0.6 is 11.3 Å². The van der Waals surface area contributed by atoms with E-state index in [0.717, 1.165) is 24.8 Å². The Hall–Kier alpha value is -2.72. The number of rotatable bonds is 2. The summed E-state index contributed by atoms with van der Waals surface area (Å²) in [6, 6.07) is 4.01. The second-order valence-electron chi connectivity index (χ2n) is 6.88. The number of hydrogen-bond acceptors (Lipinski definition) is 6. The molecule has 1 aliphatic carbocycles. The Morgan fingerprint density at radius 3 is 3.04 bits per heavy atom. The van der Waals surface area contributed by atoms with Gasteiger partial charge in [0.1, 0.15) is 11.1 Å². The van der Waals surface area contributed by atoms with Gasteiger partial charge in [-0.15, -0.1) is 11.3 Å². The van der Waals surface area contributed by atoms with Gasteiger partial charge in [-0.05, 0) is 50.7 Å². The molecule has 7 heteroatoms. The van der Waals surface area contributed by atoms with Crippen molar-refractivity contribution in [2.24, 2.45) is 5.92 Å². The zero-order valence-corrected chi connectivity index (χ0v) is 15.7. The molecule has 1 N–H and O–H groups in total. The number of thiophene rings is 1. The average Bonchev–Trinajstić information content (AvgIpc) is 3.13. The normalized spacial score (nSPS) is 16.3. The van der Waals surface area contributed by atoms with Crippen molar-refractivity contribution in [1.29, 1.82) is 5.26 Å². The van der Waals surface area contributed by atoms with E-state index in [1.807, 2.05) is 0 Å². The zero-order chi connectivity index (χ0) is 18.4. The maximum absolute atomic E-state index is 13.0. The molecule has 26 heavy (non-hydrogen) atoms. The van der Waals surface area contributed by atoms with Gasteiger partial charge in [0.15, 0.2) is 0 Å². The lowest BCUT2D eigenvalue weighted by Gasteiger charge is -2.17. The van der Waals surface area contributed by atoms with Crippen LogP contribution in [0.3, 0.4) is 0 Å². The molecule has 1 amide bonds. The summed E-state index contributed by atoms with van der Waals surface area (Å²) in [6.45, 7) is 5.81. The minimum atomic E-state index is -0.269. The highest BCUT2D eigenvalue weighted by Crippen LogP contribution is 2.39. The van der Waals surface area contributed by atoms with Crippen LogP contribution in [0.15, 0.2) is 10.6 Å². The molecule has 0 fully saturated rings. The molecule has 3 aromatic heterocycles. The van der Waals surface area contributed by atoms with E-state index in [-0.39, 0.29) is 5.91 Å². The first kappa shape index (κ1) is 16.7. The van der Waals surface area contributed by atoms with E-state index in [2.05, 4.69) is 28.5 Å². The number of carbonyl (C=O) groups is 1. The van der Waals surface area contributed by atoms with Gasteiger partial charge in [-0.1, -0.05) is 12.1 Å². The van der Waals surface area contributed by atoms with Crippen molar-refractivity contribution >= 4 is 33.3 Å². The van der Waals surface area contributed by atoms with E-state index in [1.165, 1.54) is 16.2 Å². The van der Waals surface area contributed by atoms with Gasteiger partial charge >= 0.3 is 0 Å². The number of hydrogen-bond donors (Lipinski definition) is 1. The lowest BCUT2D eigenvalue weighted by Crippen LogP contribution is -2.13. The lowest BCUT2D eigenvalue weighted by atomic mass is 9.88. The van der Waals surface area contributed by atoms with Crippen molar-refractivity contribution in [3.63, 3.8) is 0 Å². The van der Waals surface area contributed by atoms with Crippen LogP contribution in [0.5, 0.6) is 0 Å². The largest absolute Gasteiger partial charge is 0.336 e. The van der Waals surface area contributed by atoms with Crippen molar-refractivity contribution < 1.29 is 9.32 Å². The smallest absolute Gasteiger partial charge is 0.258 e. The molecule has 0 saturated heterocycles. The van der Waals surface area contributed by atoms with E-state index in [0.29, 0.717) is 44.5 Å². The first-order chi connectivity index (χ1) is 12.5. The Morgan fingerprint density at radius 1 is 1.46 bits per heavy atom. The summed E-state index contributed by atoms with van der Waals surface area (Å²) in [6.07, 6.45) is 2.94. The maximum Gasteiger partial charge on any atom is 0.258 e. The molecule has 0 radical (unpaired) electrons. The van der Waals surface area contributed by atoms with Crippen molar-refractivity contribution in [2.75, 3.05) is 5.32 Å². The van der Waals surface area contributed by atoms with Crippen LogP contribution in [-0.2, 0) is 12.8 Å². The Balaban J connectivity index is 1.74. The number of nitriles is 1. The predicted octanol–water partition coefficient (Wildman–Crippen LogP) is 4.15. The molecule has 6 nitrogen and oxygen atoms in total. The predicted molar refractivity (Wildman–Crippen MR) is 99.5 cm³/mol. The van der Waals surface area contributed by atoms with Gasteiger partial charge in [0.05, 0.1) is 22.2 Å². The molecule has 0 spiro atoms. The first-order valence-electron chi connectivity index (χ1n) is 8.57. The number of pyridine rings is 1. The topological polar surface area (TPSA) is 91.8 Å². The third kappa shape index (κ3) is 2.67. The van der Waals surface area contributed by atoms with Gasteiger partial charge in [0.25, 0.3) is 11.6 Å². The summed E-state index contributed by atoms with van der Waals surface area (Å²) in [4.78, 5) is 18.5. The number of nitrogens with one attached hydrogen (secondary N) is 1. The second kappa shape index (κ2) is 6.22. The highest BCUT2D eigenvalue weighted by atomic mass is 32.1. The highest BCUT2D eigenvalue weighted by molar-refractivity contribution is 7.16. The van der Waals surface area contributed by atoms with Gasteiger partial charge in [-0.25, -0.2) is 4.98 Å². The van der Waals surface area contributed by atoms with E-state index >= 15 is 0 Å². The molecule has 0 bridgehead atoms. The fourth-order valence-electron chi connectivity index (χ4n) is 3.52. The van der Waals surface area contributed by atoms with Crippen LogP contribution in [0.1, 0.15) is 51.1 Å². The maximum atomic E-state index is 13.0. The zero-order valence-electron chi connectivity index (χ0n) is 14.8. The van der Waals surface area contributed by atoms with Gasteiger partial charge in [0.2, 0.25) is 0 Å². The third-order valence-electron chi connectivity index (χ3n) is 4.84. The van der Waals surface area contributed by atoms with Gasteiger partial charge in [0, 0.05) is 10.6 Å². The number of nitrogens with zero attached hydrogens (tertiary/aromatic N) is 3. The van der Waals surface area contributed by atoms with Crippen LogP contribution in [0.4, 0.5) is 5.00 Å². The Labute approximate surface area is 154 Å². The van der Waals surface area contributed by atoms with Crippen LogP contribution in [0, 0.1) is 31.1 Å². The minimum absolute atomic E-state index is 0.269. The highest BCUT2D eigenvalue weighted by Gasteiger charge is 2.26. The van der Waals surface area contributed by atoms with Gasteiger partial charge in [-0.2, -0.15) is 5.26 Å². The molecule has 4 rings (SSSR count). The molecule has 1 atom stereocenters. The van der Waals surface area contributed by atoms with E-state index in [9.17, 15) is 10.1 Å².